The number of nitrogen functional groups attached to an aromatic ring is 1. The van der Waals surface area contributed by atoms with E-state index >= 15 is 0 Å². The zero-order valence-corrected chi connectivity index (χ0v) is 11.2. The van der Waals surface area contributed by atoms with Crippen LogP contribution in [0.25, 0.3) is 5.69 Å². The maximum Gasteiger partial charge on any atom is 0.130 e. The van der Waals surface area contributed by atoms with E-state index in [1.165, 1.54) is 0 Å². The van der Waals surface area contributed by atoms with Gasteiger partial charge in [0.2, 0.25) is 0 Å². The summed E-state index contributed by atoms with van der Waals surface area (Å²) in [6.45, 7) is 2.94. The van der Waals surface area contributed by atoms with Crippen LogP contribution in [0.3, 0.4) is 0 Å². The number of rotatable bonds is 3. The van der Waals surface area contributed by atoms with Crippen molar-refractivity contribution in [2.45, 2.75) is 32.3 Å². The first kappa shape index (κ1) is 12.2. The highest BCUT2D eigenvalue weighted by atomic mass is 16.5. The van der Waals surface area contributed by atoms with Crippen molar-refractivity contribution < 1.29 is 4.74 Å². The fourth-order valence-corrected chi connectivity index (χ4v) is 2.66. The molecule has 4 nitrogen and oxygen atoms in total. The van der Waals surface area contributed by atoms with Gasteiger partial charge in [0, 0.05) is 12.2 Å². The predicted molar refractivity (Wildman–Crippen MR) is 75.3 cm³/mol. The Bertz CT molecular complexity index is 556. The lowest BCUT2D eigenvalue weighted by atomic mass is 10.1. The summed E-state index contributed by atoms with van der Waals surface area (Å²) in [5.41, 5.74) is 9.39. The quantitative estimate of drug-likeness (QED) is 0.919. The van der Waals surface area contributed by atoms with Crippen LogP contribution in [0.4, 0.5) is 5.82 Å². The lowest BCUT2D eigenvalue weighted by Crippen LogP contribution is -2.02. The molecule has 4 heteroatoms. The number of nitrogens with two attached hydrogens (primary N) is 1. The molecule has 0 radical (unpaired) electrons. The van der Waals surface area contributed by atoms with Crippen molar-refractivity contribution in [1.82, 2.24) is 9.78 Å². The number of nitrogens with zero attached hydrogens (tertiary/aromatic N) is 2. The molecular formula is C15H19N3O. The minimum atomic E-state index is 0.113. The molecule has 2 heterocycles. The van der Waals surface area contributed by atoms with Gasteiger partial charge in [-0.25, -0.2) is 4.68 Å². The van der Waals surface area contributed by atoms with Gasteiger partial charge in [0.05, 0.1) is 11.4 Å². The minimum Gasteiger partial charge on any atom is -0.383 e. The van der Waals surface area contributed by atoms with Crippen LogP contribution in [0, 0.1) is 0 Å². The third kappa shape index (κ3) is 2.12. The average molecular weight is 257 g/mol. The highest BCUT2D eigenvalue weighted by Gasteiger charge is 2.26. The van der Waals surface area contributed by atoms with E-state index in [0.717, 1.165) is 48.6 Å². The van der Waals surface area contributed by atoms with Crippen molar-refractivity contribution >= 4 is 5.82 Å². The number of benzene rings is 1. The third-order valence-corrected chi connectivity index (χ3v) is 3.64. The summed E-state index contributed by atoms with van der Waals surface area (Å²) in [5, 5.41) is 4.70. The van der Waals surface area contributed by atoms with Crippen LogP contribution in [0.5, 0.6) is 0 Å². The molecule has 1 aliphatic heterocycles. The first-order chi connectivity index (χ1) is 9.31. The van der Waals surface area contributed by atoms with E-state index in [2.05, 4.69) is 6.92 Å². The van der Waals surface area contributed by atoms with E-state index in [9.17, 15) is 0 Å². The Balaban J connectivity index is 2.07. The van der Waals surface area contributed by atoms with Gasteiger partial charge in [0.15, 0.2) is 0 Å². The molecule has 19 heavy (non-hydrogen) atoms. The Hall–Kier alpha value is -1.81. The van der Waals surface area contributed by atoms with Crippen molar-refractivity contribution in [3.63, 3.8) is 0 Å². The van der Waals surface area contributed by atoms with Gasteiger partial charge in [-0.05, 0) is 31.4 Å². The smallest absolute Gasteiger partial charge is 0.130 e. The zero-order valence-electron chi connectivity index (χ0n) is 11.2. The van der Waals surface area contributed by atoms with Gasteiger partial charge in [-0.1, -0.05) is 25.1 Å². The predicted octanol–water partition coefficient (Wildman–Crippen LogP) is 2.87. The van der Waals surface area contributed by atoms with Gasteiger partial charge in [0.25, 0.3) is 0 Å². The second-order valence-corrected chi connectivity index (χ2v) is 4.85. The van der Waals surface area contributed by atoms with Crippen LogP contribution in [0.1, 0.15) is 37.1 Å². The van der Waals surface area contributed by atoms with Gasteiger partial charge >= 0.3 is 0 Å². The second-order valence-electron chi connectivity index (χ2n) is 4.85. The number of ether oxygens (including phenoxy) is 1. The Labute approximate surface area is 113 Å². The number of hydrogen-bond donors (Lipinski definition) is 1. The van der Waals surface area contributed by atoms with E-state index in [-0.39, 0.29) is 6.10 Å². The van der Waals surface area contributed by atoms with Gasteiger partial charge in [-0.3, -0.25) is 0 Å². The molecule has 2 N–H and O–H groups in total. The van der Waals surface area contributed by atoms with E-state index in [0.29, 0.717) is 0 Å². The van der Waals surface area contributed by atoms with Crippen molar-refractivity contribution in [2.75, 3.05) is 12.3 Å². The molecule has 1 fully saturated rings. The van der Waals surface area contributed by atoms with Crippen LogP contribution in [0.2, 0.25) is 0 Å². The second kappa shape index (κ2) is 5.05. The maximum atomic E-state index is 6.26. The third-order valence-electron chi connectivity index (χ3n) is 3.64. The highest BCUT2D eigenvalue weighted by Crippen LogP contribution is 2.33. The largest absolute Gasteiger partial charge is 0.383 e. The fraction of sp³-hybridized carbons (Fsp3) is 0.400. The van der Waals surface area contributed by atoms with Crippen molar-refractivity contribution in [3.8, 4) is 5.69 Å². The molecule has 1 aromatic carbocycles. The zero-order chi connectivity index (χ0) is 13.2. The van der Waals surface area contributed by atoms with Crippen molar-refractivity contribution in [2.24, 2.45) is 0 Å². The summed E-state index contributed by atoms with van der Waals surface area (Å²) in [7, 11) is 0. The number of para-hydroxylation sites is 1. The van der Waals surface area contributed by atoms with Gasteiger partial charge in [-0.15, -0.1) is 0 Å². The van der Waals surface area contributed by atoms with E-state index < -0.39 is 0 Å². The molecule has 0 bridgehead atoms. The molecule has 1 atom stereocenters. The number of anilines is 1. The topological polar surface area (TPSA) is 53.1 Å². The first-order valence-electron chi connectivity index (χ1n) is 6.85. The Kier molecular flexibility index (Phi) is 3.25. The van der Waals surface area contributed by atoms with Gasteiger partial charge < -0.3 is 10.5 Å². The highest BCUT2D eigenvalue weighted by molar-refractivity contribution is 5.50. The van der Waals surface area contributed by atoms with Crippen LogP contribution in [0.15, 0.2) is 30.3 Å². The molecule has 1 unspecified atom stereocenters. The lowest BCUT2D eigenvalue weighted by Gasteiger charge is -2.07. The summed E-state index contributed by atoms with van der Waals surface area (Å²) in [5.74, 6) is 0.735. The van der Waals surface area contributed by atoms with Crippen LogP contribution < -0.4 is 5.73 Å². The Morgan fingerprint density at radius 3 is 2.79 bits per heavy atom. The normalized spacial score (nSPS) is 18.9. The summed E-state index contributed by atoms with van der Waals surface area (Å²) in [4.78, 5) is 0. The molecule has 0 amide bonds. The van der Waals surface area contributed by atoms with Crippen molar-refractivity contribution in [1.29, 1.82) is 0 Å². The lowest BCUT2D eigenvalue weighted by molar-refractivity contribution is 0.107. The summed E-state index contributed by atoms with van der Waals surface area (Å²) in [6, 6.07) is 10.0. The number of aromatic nitrogens is 2. The molecule has 1 aliphatic rings. The van der Waals surface area contributed by atoms with Crippen LogP contribution >= 0.6 is 0 Å². The monoisotopic (exact) mass is 257 g/mol. The van der Waals surface area contributed by atoms with Crippen molar-refractivity contribution in [3.05, 3.63) is 41.6 Å². The molecule has 1 aromatic heterocycles. The summed E-state index contributed by atoms with van der Waals surface area (Å²) in [6.07, 6.45) is 3.14. The van der Waals surface area contributed by atoms with E-state index in [1.54, 1.807) is 0 Å². The van der Waals surface area contributed by atoms with E-state index in [1.807, 2.05) is 35.0 Å². The molecule has 3 rings (SSSR count). The molecule has 2 aromatic rings. The Morgan fingerprint density at radius 1 is 1.37 bits per heavy atom. The van der Waals surface area contributed by atoms with Crippen LogP contribution in [-0.4, -0.2) is 16.4 Å². The average Bonchev–Trinajstić information content (AvgIpc) is 3.07. The molecule has 0 aliphatic carbocycles. The molecular weight excluding hydrogens is 238 g/mol. The van der Waals surface area contributed by atoms with Gasteiger partial charge in [-0.2, -0.15) is 5.10 Å². The summed E-state index contributed by atoms with van der Waals surface area (Å²) < 4.78 is 7.58. The SMILES string of the molecule is CCc1c(C2CCCO2)nn(-c2ccccc2)c1N. The van der Waals surface area contributed by atoms with E-state index in [4.69, 9.17) is 15.6 Å². The Morgan fingerprint density at radius 2 is 2.16 bits per heavy atom. The minimum absolute atomic E-state index is 0.113. The van der Waals surface area contributed by atoms with Gasteiger partial charge in [0.1, 0.15) is 11.9 Å². The summed E-state index contributed by atoms with van der Waals surface area (Å²) >= 11 is 0. The molecule has 0 spiro atoms. The molecule has 100 valence electrons. The standard InChI is InChI=1S/C15H19N3O/c1-2-12-14(13-9-6-10-19-13)17-18(15(12)16)11-7-4-3-5-8-11/h3-5,7-8,13H,2,6,9-10,16H2,1H3. The fourth-order valence-electron chi connectivity index (χ4n) is 2.66. The molecule has 1 saturated heterocycles. The number of hydrogen-bond acceptors (Lipinski definition) is 3. The molecule has 0 saturated carbocycles. The van der Waals surface area contributed by atoms with Crippen LogP contribution in [-0.2, 0) is 11.2 Å². The first-order valence-corrected chi connectivity index (χ1v) is 6.85. The maximum absolute atomic E-state index is 6.26.